The van der Waals surface area contributed by atoms with E-state index in [9.17, 15) is 14.4 Å². The van der Waals surface area contributed by atoms with Crippen LogP contribution >= 0.6 is 0 Å². The topological polar surface area (TPSA) is 91.0 Å². The summed E-state index contributed by atoms with van der Waals surface area (Å²) in [5.41, 5.74) is 4.17. The van der Waals surface area contributed by atoms with Gasteiger partial charge < -0.3 is 14.9 Å². The Morgan fingerprint density at radius 2 is 1.75 bits per heavy atom. The van der Waals surface area contributed by atoms with E-state index in [1.54, 1.807) is 4.90 Å². The minimum Gasteiger partial charge on any atom is -0.354 e. The highest BCUT2D eigenvalue weighted by Crippen LogP contribution is 2.27. The van der Waals surface area contributed by atoms with Crippen molar-refractivity contribution in [3.8, 4) is 0 Å². The average Bonchev–Trinajstić information content (AvgIpc) is 3.16. The van der Waals surface area contributed by atoms with E-state index in [-0.39, 0.29) is 23.4 Å². The zero-order valence-corrected chi connectivity index (χ0v) is 16.3. The summed E-state index contributed by atoms with van der Waals surface area (Å²) in [4.78, 5) is 45.0. The molecule has 0 atom stereocenters. The number of hydrogen-bond acceptors (Lipinski definition) is 3. The maximum absolute atomic E-state index is 13.0. The van der Waals surface area contributed by atoms with Crippen LogP contribution < -0.4 is 5.69 Å². The fourth-order valence-corrected chi connectivity index (χ4v) is 4.41. The number of fused-ring (bicyclic) bond motifs is 1. The summed E-state index contributed by atoms with van der Waals surface area (Å²) in [6.45, 7) is 6.29. The predicted octanol–water partition coefficient (Wildman–Crippen LogP) is 2.95. The Labute approximate surface area is 162 Å². The normalized spacial score (nSPS) is 15.3. The molecule has 3 heterocycles. The Bertz CT molecular complexity index is 1130. The van der Waals surface area contributed by atoms with Crippen LogP contribution in [0.4, 0.5) is 0 Å². The van der Waals surface area contributed by atoms with Crippen LogP contribution in [0.2, 0.25) is 0 Å². The number of benzene rings is 1. The maximum atomic E-state index is 13.0. The van der Waals surface area contributed by atoms with Gasteiger partial charge in [-0.2, -0.15) is 0 Å². The molecule has 146 valence electrons. The number of imidazole rings is 1. The molecule has 1 aliphatic heterocycles. The molecule has 0 unspecified atom stereocenters. The van der Waals surface area contributed by atoms with Gasteiger partial charge in [0, 0.05) is 30.4 Å². The van der Waals surface area contributed by atoms with E-state index >= 15 is 0 Å². The molecule has 1 fully saturated rings. The molecule has 4 rings (SSSR count). The van der Waals surface area contributed by atoms with E-state index in [0.717, 1.165) is 16.7 Å². The summed E-state index contributed by atoms with van der Waals surface area (Å²) in [6.07, 6.45) is 1.43. The van der Waals surface area contributed by atoms with E-state index in [4.69, 9.17) is 0 Å². The molecule has 3 aromatic rings. The number of aryl methyl sites for hydroxylation is 1. The molecule has 2 aromatic heterocycles. The number of aromatic amines is 2. The molecule has 7 heteroatoms. The minimum absolute atomic E-state index is 0.0391. The number of piperidine rings is 1. The van der Waals surface area contributed by atoms with Crippen LogP contribution in [0.3, 0.4) is 0 Å². The molecule has 0 aliphatic carbocycles. The van der Waals surface area contributed by atoms with Crippen LogP contribution in [0.1, 0.15) is 57.9 Å². The first-order valence-electron chi connectivity index (χ1n) is 9.57. The first kappa shape index (κ1) is 18.3. The number of likely N-dealkylation sites (tertiary alicyclic amines) is 1. The summed E-state index contributed by atoms with van der Waals surface area (Å²) in [6, 6.07) is 7.73. The van der Waals surface area contributed by atoms with Gasteiger partial charge in [0.25, 0.3) is 5.91 Å². The fraction of sp³-hybridized carbons (Fsp3) is 0.381. The molecule has 1 aliphatic rings. The zero-order valence-electron chi connectivity index (χ0n) is 16.3. The van der Waals surface area contributed by atoms with Crippen molar-refractivity contribution in [3.05, 3.63) is 57.3 Å². The highest BCUT2D eigenvalue weighted by molar-refractivity contribution is 6.02. The van der Waals surface area contributed by atoms with Gasteiger partial charge in [-0.1, -0.05) is 12.1 Å². The van der Waals surface area contributed by atoms with E-state index in [1.165, 1.54) is 6.92 Å². The summed E-state index contributed by atoms with van der Waals surface area (Å²) < 4.78 is 1.81. The van der Waals surface area contributed by atoms with Gasteiger partial charge in [0.05, 0.1) is 11.0 Å². The van der Waals surface area contributed by atoms with Crippen molar-refractivity contribution < 1.29 is 9.59 Å². The SMILES string of the molecule is CC(=O)c1c(C)[nH]c(C(=O)N2CCC(n3c(=O)[nH]c4ccccc43)CC2)c1C. The van der Waals surface area contributed by atoms with Crippen molar-refractivity contribution in [2.75, 3.05) is 13.1 Å². The van der Waals surface area contributed by atoms with Gasteiger partial charge in [-0.25, -0.2) is 4.79 Å². The van der Waals surface area contributed by atoms with Gasteiger partial charge in [0.2, 0.25) is 0 Å². The number of rotatable bonds is 3. The highest BCUT2D eigenvalue weighted by atomic mass is 16.2. The Balaban J connectivity index is 1.54. The molecular formula is C21H24N4O3. The first-order valence-corrected chi connectivity index (χ1v) is 9.57. The van der Waals surface area contributed by atoms with Crippen molar-refractivity contribution in [2.45, 2.75) is 39.7 Å². The van der Waals surface area contributed by atoms with Crippen LogP contribution in [-0.2, 0) is 0 Å². The quantitative estimate of drug-likeness (QED) is 0.685. The van der Waals surface area contributed by atoms with Crippen LogP contribution in [0.5, 0.6) is 0 Å². The van der Waals surface area contributed by atoms with Gasteiger partial charge >= 0.3 is 5.69 Å². The van der Waals surface area contributed by atoms with Gasteiger partial charge in [0.1, 0.15) is 5.69 Å². The third-order valence-corrected chi connectivity index (χ3v) is 5.74. The van der Waals surface area contributed by atoms with E-state index in [2.05, 4.69) is 9.97 Å². The Morgan fingerprint density at radius 3 is 2.39 bits per heavy atom. The molecule has 1 amide bonds. The lowest BCUT2D eigenvalue weighted by molar-refractivity contribution is 0.0689. The third kappa shape index (κ3) is 2.87. The van der Waals surface area contributed by atoms with E-state index < -0.39 is 0 Å². The lowest BCUT2D eigenvalue weighted by Crippen LogP contribution is -2.40. The number of hydrogen-bond donors (Lipinski definition) is 2. The molecule has 0 radical (unpaired) electrons. The number of H-pyrrole nitrogens is 2. The molecule has 1 aromatic carbocycles. The second-order valence-corrected chi connectivity index (χ2v) is 7.52. The number of amides is 1. The number of carbonyl (C=O) groups is 2. The molecule has 28 heavy (non-hydrogen) atoms. The molecular weight excluding hydrogens is 356 g/mol. The molecule has 0 bridgehead atoms. The second-order valence-electron chi connectivity index (χ2n) is 7.52. The molecule has 7 nitrogen and oxygen atoms in total. The third-order valence-electron chi connectivity index (χ3n) is 5.74. The van der Waals surface area contributed by atoms with Crippen molar-refractivity contribution in [1.82, 2.24) is 19.4 Å². The Kier molecular flexibility index (Phi) is 4.45. The lowest BCUT2D eigenvalue weighted by atomic mass is 10.0. The van der Waals surface area contributed by atoms with Crippen LogP contribution in [0.25, 0.3) is 11.0 Å². The first-order chi connectivity index (χ1) is 13.4. The fourth-order valence-electron chi connectivity index (χ4n) is 4.41. The standard InChI is InChI=1S/C21H24N4O3/c1-12-18(14(3)26)13(2)22-19(12)20(27)24-10-8-15(9-11-24)25-17-7-5-4-6-16(17)23-21(25)28/h4-7,15,22H,8-11H2,1-3H3,(H,23,28). The van der Waals surface area contributed by atoms with Crippen LogP contribution in [0.15, 0.2) is 29.1 Å². The van der Waals surface area contributed by atoms with Gasteiger partial charge in [-0.05, 0) is 51.3 Å². The second kappa shape index (κ2) is 6.82. The van der Waals surface area contributed by atoms with E-state index in [0.29, 0.717) is 42.8 Å². The van der Waals surface area contributed by atoms with E-state index in [1.807, 2.05) is 42.7 Å². The van der Waals surface area contributed by atoms with Gasteiger partial charge in [-0.15, -0.1) is 0 Å². The highest BCUT2D eigenvalue weighted by Gasteiger charge is 2.29. The summed E-state index contributed by atoms with van der Waals surface area (Å²) >= 11 is 0. The summed E-state index contributed by atoms with van der Waals surface area (Å²) in [7, 11) is 0. The predicted molar refractivity (Wildman–Crippen MR) is 107 cm³/mol. The number of aromatic nitrogens is 3. The monoisotopic (exact) mass is 380 g/mol. The molecule has 2 N–H and O–H groups in total. The smallest absolute Gasteiger partial charge is 0.326 e. The zero-order chi connectivity index (χ0) is 20.0. The number of nitrogens with zero attached hydrogens (tertiary/aromatic N) is 2. The molecule has 0 spiro atoms. The Hall–Kier alpha value is -3.09. The average molecular weight is 380 g/mol. The van der Waals surface area contributed by atoms with Crippen LogP contribution in [0, 0.1) is 13.8 Å². The van der Waals surface area contributed by atoms with Crippen molar-refractivity contribution in [1.29, 1.82) is 0 Å². The number of nitrogens with one attached hydrogen (secondary N) is 2. The summed E-state index contributed by atoms with van der Waals surface area (Å²) in [5.74, 6) is -0.124. The van der Waals surface area contributed by atoms with Gasteiger partial charge in [-0.3, -0.25) is 14.2 Å². The number of ketones is 1. The van der Waals surface area contributed by atoms with Crippen LogP contribution in [-0.4, -0.2) is 44.2 Å². The Morgan fingerprint density at radius 1 is 1.07 bits per heavy atom. The van der Waals surface area contributed by atoms with Crippen molar-refractivity contribution in [3.63, 3.8) is 0 Å². The van der Waals surface area contributed by atoms with Crippen molar-refractivity contribution >= 4 is 22.7 Å². The maximum Gasteiger partial charge on any atom is 0.326 e. The number of carbonyl (C=O) groups excluding carboxylic acids is 2. The largest absolute Gasteiger partial charge is 0.354 e. The van der Waals surface area contributed by atoms with Crippen molar-refractivity contribution in [2.24, 2.45) is 0 Å². The number of Topliss-reactive ketones (excluding diaryl/α,β-unsaturated/α-hetero) is 1. The lowest BCUT2D eigenvalue weighted by Gasteiger charge is -2.32. The van der Waals surface area contributed by atoms with Gasteiger partial charge in [0.15, 0.2) is 5.78 Å². The summed E-state index contributed by atoms with van der Waals surface area (Å²) in [5, 5.41) is 0. The minimum atomic E-state index is -0.104. The molecule has 0 saturated carbocycles. The number of para-hydroxylation sites is 2. The molecule has 1 saturated heterocycles.